The molecule has 0 fully saturated rings. The van der Waals surface area contributed by atoms with Crippen LogP contribution in [0.2, 0.25) is 0 Å². The van der Waals surface area contributed by atoms with E-state index in [1.807, 2.05) is 24.1 Å². The van der Waals surface area contributed by atoms with Crippen LogP contribution in [0.3, 0.4) is 0 Å². The van der Waals surface area contributed by atoms with Crippen molar-refractivity contribution in [3.63, 3.8) is 0 Å². The Bertz CT molecular complexity index is 435. The first-order valence-electron chi connectivity index (χ1n) is 7.54. The highest BCUT2D eigenvalue weighted by Crippen LogP contribution is 2.09. The third-order valence-electron chi connectivity index (χ3n) is 3.50. The fourth-order valence-corrected chi connectivity index (χ4v) is 2.34. The Kier molecular flexibility index (Phi) is 8.01. The van der Waals surface area contributed by atoms with E-state index in [1.165, 1.54) is 11.1 Å². The summed E-state index contributed by atoms with van der Waals surface area (Å²) < 4.78 is 5.01. The van der Waals surface area contributed by atoms with Crippen molar-refractivity contribution < 1.29 is 9.53 Å². The summed E-state index contributed by atoms with van der Waals surface area (Å²) in [6, 6.07) is 8.45. The van der Waals surface area contributed by atoms with Gasteiger partial charge in [-0.15, -0.1) is 0 Å². The minimum absolute atomic E-state index is 0.0796. The van der Waals surface area contributed by atoms with Crippen LogP contribution in [0.5, 0.6) is 0 Å². The number of likely N-dealkylation sites (N-methyl/N-ethyl adjacent to an activating group) is 1. The van der Waals surface area contributed by atoms with Crippen LogP contribution in [-0.4, -0.2) is 50.7 Å². The lowest BCUT2D eigenvalue weighted by Gasteiger charge is -2.19. The summed E-state index contributed by atoms with van der Waals surface area (Å²) in [5.41, 5.74) is 2.56. The average molecular weight is 292 g/mol. The lowest BCUT2D eigenvalue weighted by Crippen LogP contribution is -2.41. The Balaban J connectivity index is 2.32. The molecule has 0 aliphatic heterocycles. The lowest BCUT2D eigenvalue weighted by molar-refractivity contribution is -0.122. The van der Waals surface area contributed by atoms with Crippen molar-refractivity contribution in [2.75, 3.05) is 33.9 Å². The number of rotatable bonds is 9. The molecular formula is C17H28N2O2. The number of benzene rings is 1. The first-order chi connectivity index (χ1) is 10.0. The quantitative estimate of drug-likeness (QED) is 0.708. The number of amides is 1. The minimum Gasteiger partial charge on any atom is -0.385 e. The molecule has 0 aliphatic rings. The minimum atomic E-state index is 0.0796. The van der Waals surface area contributed by atoms with E-state index in [2.05, 4.69) is 31.3 Å². The van der Waals surface area contributed by atoms with Gasteiger partial charge in [-0.2, -0.15) is 0 Å². The Morgan fingerprint density at radius 2 is 2.10 bits per heavy atom. The van der Waals surface area contributed by atoms with Gasteiger partial charge in [0.25, 0.3) is 0 Å². The number of hydrogen-bond donors (Lipinski definition) is 1. The van der Waals surface area contributed by atoms with Gasteiger partial charge in [0.05, 0.1) is 6.54 Å². The zero-order valence-corrected chi connectivity index (χ0v) is 13.7. The molecule has 1 amide bonds. The summed E-state index contributed by atoms with van der Waals surface area (Å²) in [4.78, 5) is 14.0. The molecule has 0 saturated heterocycles. The van der Waals surface area contributed by atoms with Gasteiger partial charge in [0.1, 0.15) is 0 Å². The fraction of sp³-hybridized carbons (Fsp3) is 0.588. The molecule has 1 N–H and O–H groups in total. The molecule has 1 unspecified atom stereocenters. The molecule has 1 aromatic carbocycles. The van der Waals surface area contributed by atoms with Crippen LogP contribution >= 0.6 is 0 Å². The van der Waals surface area contributed by atoms with Crippen molar-refractivity contribution in [3.05, 3.63) is 35.4 Å². The van der Waals surface area contributed by atoms with E-state index in [0.29, 0.717) is 6.54 Å². The highest BCUT2D eigenvalue weighted by molar-refractivity contribution is 5.78. The molecule has 0 saturated carbocycles. The largest absolute Gasteiger partial charge is 0.385 e. The van der Waals surface area contributed by atoms with Crippen molar-refractivity contribution in [1.29, 1.82) is 0 Å². The molecule has 118 valence electrons. The molecule has 0 aliphatic carbocycles. The van der Waals surface area contributed by atoms with E-state index in [-0.39, 0.29) is 11.9 Å². The highest BCUT2D eigenvalue weighted by atomic mass is 16.5. The molecule has 4 heteroatoms. The molecule has 4 nitrogen and oxygen atoms in total. The number of ether oxygens (including phenoxy) is 1. The van der Waals surface area contributed by atoms with Crippen LogP contribution < -0.4 is 5.32 Å². The number of nitrogens with zero attached hydrogens (tertiary/aromatic N) is 1. The van der Waals surface area contributed by atoms with Gasteiger partial charge in [-0.05, 0) is 44.9 Å². The van der Waals surface area contributed by atoms with Crippen LogP contribution in [0.15, 0.2) is 24.3 Å². The topological polar surface area (TPSA) is 41.6 Å². The second-order valence-electron chi connectivity index (χ2n) is 5.68. The van der Waals surface area contributed by atoms with Crippen LogP contribution in [0.1, 0.15) is 24.5 Å². The fourth-order valence-electron chi connectivity index (χ4n) is 2.34. The van der Waals surface area contributed by atoms with Crippen molar-refractivity contribution in [1.82, 2.24) is 10.2 Å². The monoisotopic (exact) mass is 292 g/mol. The summed E-state index contributed by atoms with van der Waals surface area (Å²) in [7, 11) is 3.65. The first-order valence-corrected chi connectivity index (χ1v) is 7.54. The number of hydrogen-bond acceptors (Lipinski definition) is 3. The van der Waals surface area contributed by atoms with Crippen molar-refractivity contribution in [3.8, 4) is 0 Å². The number of carbonyl (C=O) groups excluding carboxylic acids is 1. The van der Waals surface area contributed by atoms with Crippen LogP contribution in [-0.2, 0) is 16.0 Å². The van der Waals surface area contributed by atoms with Gasteiger partial charge < -0.3 is 10.1 Å². The predicted octanol–water partition coefficient (Wildman–Crippen LogP) is 2.01. The molecule has 0 spiro atoms. The molecule has 0 aromatic heterocycles. The highest BCUT2D eigenvalue weighted by Gasteiger charge is 2.11. The van der Waals surface area contributed by atoms with Gasteiger partial charge in [-0.1, -0.05) is 24.3 Å². The summed E-state index contributed by atoms with van der Waals surface area (Å²) in [5.74, 6) is 0.0796. The predicted molar refractivity (Wildman–Crippen MR) is 86.5 cm³/mol. The first kappa shape index (κ1) is 17.7. The van der Waals surface area contributed by atoms with E-state index in [1.54, 1.807) is 7.11 Å². The average Bonchev–Trinajstić information content (AvgIpc) is 2.41. The Morgan fingerprint density at radius 1 is 1.38 bits per heavy atom. The van der Waals surface area contributed by atoms with Gasteiger partial charge in [-0.25, -0.2) is 0 Å². The second-order valence-corrected chi connectivity index (χ2v) is 5.68. The SMILES string of the molecule is COCCCN(C)CC(=O)NC(C)Cc1ccccc1C. The molecule has 1 rings (SSSR count). The van der Waals surface area contributed by atoms with Gasteiger partial charge in [0.2, 0.25) is 5.91 Å². The van der Waals surface area contributed by atoms with Crippen molar-refractivity contribution in [2.45, 2.75) is 32.7 Å². The maximum atomic E-state index is 12.0. The summed E-state index contributed by atoms with van der Waals surface area (Å²) in [5, 5.41) is 3.07. The summed E-state index contributed by atoms with van der Waals surface area (Å²) in [6.07, 6.45) is 1.81. The molecular weight excluding hydrogens is 264 g/mol. The van der Waals surface area contributed by atoms with Crippen molar-refractivity contribution in [2.24, 2.45) is 0 Å². The van der Waals surface area contributed by atoms with Crippen LogP contribution in [0, 0.1) is 6.92 Å². The van der Waals surface area contributed by atoms with E-state index in [9.17, 15) is 4.79 Å². The third-order valence-corrected chi connectivity index (χ3v) is 3.50. The molecule has 21 heavy (non-hydrogen) atoms. The van der Waals surface area contributed by atoms with E-state index < -0.39 is 0 Å². The Morgan fingerprint density at radius 3 is 2.76 bits per heavy atom. The van der Waals surface area contributed by atoms with Gasteiger partial charge in [0.15, 0.2) is 0 Å². The van der Waals surface area contributed by atoms with E-state index in [4.69, 9.17) is 4.74 Å². The molecule has 0 heterocycles. The molecule has 0 bridgehead atoms. The molecule has 0 radical (unpaired) electrons. The smallest absolute Gasteiger partial charge is 0.234 e. The van der Waals surface area contributed by atoms with Crippen molar-refractivity contribution >= 4 is 5.91 Å². The number of carbonyl (C=O) groups is 1. The maximum absolute atomic E-state index is 12.0. The normalized spacial score (nSPS) is 12.4. The van der Waals surface area contributed by atoms with E-state index >= 15 is 0 Å². The number of nitrogens with one attached hydrogen (secondary N) is 1. The standard InChI is InChI=1S/C17H28N2O2/c1-14-8-5-6-9-16(14)12-15(2)18-17(20)13-19(3)10-7-11-21-4/h5-6,8-9,15H,7,10-13H2,1-4H3,(H,18,20). The van der Waals surface area contributed by atoms with Crippen LogP contribution in [0.4, 0.5) is 0 Å². The number of methoxy groups -OCH3 is 1. The Hall–Kier alpha value is -1.39. The summed E-state index contributed by atoms with van der Waals surface area (Å²) >= 11 is 0. The number of aryl methyl sites for hydroxylation is 1. The third kappa shape index (κ3) is 7.25. The second kappa shape index (κ2) is 9.53. The van der Waals surface area contributed by atoms with E-state index in [0.717, 1.165) is 26.0 Å². The van der Waals surface area contributed by atoms with Gasteiger partial charge >= 0.3 is 0 Å². The molecule has 1 aromatic rings. The zero-order valence-electron chi connectivity index (χ0n) is 13.7. The van der Waals surface area contributed by atoms with Gasteiger partial charge in [0, 0.05) is 26.3 Å². The Labute approximate surface area is 128 Å². The van der Waals surface area contributed by atoms with Gasteiger partial charge in [-0.3, -0.25) is 9.69 Å². The molecule has 1 atom stereocenters. The zero-order chi connectivity index (χ0) is 15.7. The maximum Gasteiger partial charge on any atom is 0.234 e. The summed E-state index contributed by atoms with van der Waals surface area (Å²) in [6.45, 7) is 6.19. The van der Waals surface area contributed by atoms with Crippen LogP contribution in [0.25, 0.3) is 0 Å². The lowest BCUT2D eigenvalue weighted by atomic mass is 10.0.